The molecule has 0 spiro atoms. The lowest BCUT2D eigenvalue weighted by Crippen LogP contribution is -2.40. The van der Waals surface area contributed by atoms with Crippen molar-refractivity contribution in [3.63, 3.8) is 0 Å². The summed E-state index contributed by atoms with van der Waals surface area (Å²) in [6, 6.07) is 8.13. The first kappa shape index (κ1) is 12.0. The van der Waals surface area contributed by atoms with Crippen molar-refractivity contribution < 1.29 is 4.79 Å². The second kappa shape index (κ2) is 4.58. The minimum absolute atomic E-state index is 0.183. The summed E-state index contributed by atoms with van der Waals surface area (Å²) < 4.78 is 0. The Morgan fingerprint density at radius 3 is 2.50 bits per heavy atom. The van der Waals surface area contributed by atoms with Gasteiger partial charge in [0, 0.05) is 11.1 Å². The molecular weight excluding hydrogens is 246 g/mol. The first-order valence-corrected chi connectivity index (χ1v) is 7.16. The average molecular weight is 264 g/mol. The zero-order valence-electron chi connectivity index (χ0n) is 10.4. The van der Waals surface area contributed by atoms with Gasteiger partial charge in [-0.25, -0.2) is 0 Å². The molecule has 2 aliphatic carbocycles. The topological polar surface area (TPSA) is 29.1 Å². The molecule has 0 atom stereocenters. The molecule has 2 saturated carbocycles. The van der Waals surface area contributed by atoms with Crippen LogP contribution in [0, 0.1) is 0 Å². The van der Waals surface area contributed by atoms with Gasteiger partial charge in [-0.3, -0.25) is 4.79 Å². The number of benzene rings is 1. The lowest BCUT2D eigenvalue weighted by Gasteiger charge is -2.20. The van der Waals surface area contributed by atoms with Crippen LogP contribution >= 0.6 is 11.6 Å². The van der Waals surface area contributed by atoms with Crippen molar-refractivity contribution in [1.82, 2.24) is 5.32 Å². The SMILES string of the molecule is O=C(NC1CCCC1)C1(c2ccccc2Cl)CC1. The highest BCUT2D eigenvalue weighted by molar-refractivity contribution is 6.31. The van der Waals surface area contributed by atoms with Crippen LogP contribution in [0.5, 0.6) is 0 Å². The summed E-state index contributed by atoms with van der Waals surface area (Å²) in [7, 11) is 0. The number of carbonyl (C=O) groups excluding carboxylic acids is 1. The Labute approximate surface area is 113 Å². The maximum Gasteiger partial charge on any atom is 0.230 e. The fourth-order valence-electron chi connectivity index (χ4n) is 2.99. The summed E-state index contributed by atoms with van der Waals surface area (Å²) in [5.41, 5.74) is 0.670. The second-order valence-electron chi connectivity index (χ2n) is 5.52. The molecule has 0 aliphatic heterocycles. The molecule has 3 heteroatoms. The molecule has 0 aromatic heterocycles. The van der Waals surface area contributed by atoms with Crippen LogP contribution in [0.3, 0.4) is 0 Å². The highest BCUT2D eigenvalue weighted by atomic mass is 35.5. The number of carbonyl (C=O) groups is 1. The number of rotatable bonds is 3. The van der Waals surface area contributed by atoms with E-state index < -0.39 is 0 Å². The highest BCUT2D eigenvalue weighted by Crippen LogP contribution is 2.50. The van der Waals surface area contributed by atoms with E-state index in [-0.39, 0.29) is 11.3 Å². The van der Waals surface area contributed by atoms with E-state index in [0.29, 0.717) is 6.04 Å². The third kappa shape index (κ3) is 2.03. The quantitative estimate of drug-likeness (QED) is 0.889. The zero-order chi connectivity index (χ0) is 12.6. The second-order valence-corrected chi connectivity index (χ2v) is 5.92. The van der Waals surface area contributed by atoms with Gasteiger partial charge in [-0.2, -0.15) is 0 Å². The third-order valence-corrected chi connectivity index (χ3v) is 4.59. The first-order chi connectivity index (χ1) is 8.72. The molecule has 3 rings (SSSR count). The van der Waals surface area contributed by atoms with Gasteiger partial charge in [-0.1, -0.05) is 42.6 Å². The summed E-state index contributed by atoms with van der Waals surface area (Å²) in [4.78, 5) is 12.5. The van der Waals surface area contributed by atoms with Gasteiger partial charge in [0.15, 0.2) is 0 Å². The molecule has 1 N–H and O–H groups in total. The van der Waals surface area contributed by atoms with Crippen molar-refractivity contribution in [2.24, 2.45) is 0 Å². The third-order valence-electron chi connectivity index (χ3n) is 4.26. The average Bonchev–Trinajstić information content (AvgIpc) is 3.02. The van der Waals surface area contributed by atoms with E-state index in [1.165, 1.54) is 12.8 Å². The van der Waals surface area contributed by atoms with Crippen molar-refractivity contribution >= 4 is 17.5 Å². The van der Waals surface area contributed by atoms with E-state index in [1.54, 1.807) is 0 Å². The monoisotopic (exact) mass is 263 g/mol. The molecule has 96 valence electrons. The van der Waals surface area contributed by atoms with Gasteiger partial charge < -0.3 is 5.32 Å². The zero-order valence-corrected chi connectivity index (χ0v) is 11.2. The van der Waals surface area contributed by atoms with Gasteiger partial charge in [0.05, 0.1) is 5.41 Å². The van der Waals surface area contributed by atoms with Crippen molar-refractivity contribution in [1.29, 1.82) is 0 Å². The molecule has 0 radical (unpaired) electrons. The summed E-state index contributed by atoms with van der Waals surface area (Å²) in [5, 5.41) is 3.93. The van der Waals surface area contributed by atoms with E-state index in [2.05, 4.69) is 5.32 Å². The number of halogens is 1. The standard InChI is InChI=1S/C15H18ClNO/c16-13-8-4-3-7-12(13)15(9-10-15)14(18)17-11-5-1-2-6-11/h3-4,7-8,11H,1-2,5-6,9-10H2,(H,17,18). The molecule has 1 aromatic rings. The Balaban J connectivity index is 1.78. The van der Waals surface area contributed by atoms with Crippen LogP contribution < -0.4 is 5.32 Å². The lowest BCUT2D eigenvalue weighted by atomic mass is 9.94. The van der Waals surface area contributed by atoms with Crippen molar-refractivity contribution in [3.8, 4) is 0 Å². The minimum atomic E-state index is -0.332. The molecule has 2 fully saturated rings. The van der Waals surface area contributed by atoms with Gasteiger partial charge in [0.25, 0.3) is 0 Å². The van der Waals surface area contributed by atoms with Gasteiger partial charge in [0.1, 0.15) is 0 Å². The van der Waals surface area contributed by atoms with Crippen LogP contribution in [0.15, 0.2) is 24.3 Å². The maximum absolute atomic E-state index is 12.5. The predicted octanol–water partition coefficient (Wildman–Crippen LogP) is 3.43. The number of amides is 1. The normalized spacial score (nSPS) is 21.8. The van der Waals surface area contributed by atoms with Crippen LogP contribution in [0.1, 0.15) is 44.1 Å². The van der Waals surface area contributed by atoms with Crippen LogP contribution in [0.2, 0.25) is 5.02 Å². The summed E-state index contributed by atoms with van der Waals surface area (Å²) in [6.07, 6.45) is 6.59. The number of nitrogens with one attached hydrogen (secondary N) is 1. The largest absolute Gasteiger partial charge is 0.353 e. The summed E-state index contributed by atoms with van der Waals surface area (Å²) in [5.74, 6) is 0.183. The molecule has 0 heterocycles. The van der Waals surface area contributed by atoms with E-state index in [9.17, 15) is 4.79 Å². The molecule has 0 saturated heterocycles. The Hall–Kier alpha value is -1.02. The molecular formula is C15H18ClNO. The Bertz CT molecular complexity index is 461. The van der Waals surface area contributed by atoms with E-state index in [1.807, 2.05) is 24.3 Å². The molecule has 0 unspecified atom stereocenters. The first-order valence-electron chi connectivity index (χ1n) is 6.78. The van der Waals surface area contributed by atoms with Crippen molar-refractivity contribution in [2.75, 3.05) is 0 Å². The van der Waals surface area contributed by atoms with Crippen LogP contribution in [0.25, 0.3) is 0 Å². The van der Waals surface area contributed by atoms with E-state index in [4.69, 9.17) is 11.6 Å². The molecule has 2 nitrogen and oxygen atoms in total. The van der Waals surface area contributed by atoms with Crippen molar-refractivity contribution in [3.05, 3.63) is 34.9 Å². The Morgan fingerprint density at radius 1 is 1.22 bits per heavy atom. The lowest BCUT2D eigenvalue weighted by molar-refractivity contribution is -0.124. The van der Waals surface area contributed by atoms with Crippen molar-refractivity contribution in [2.45, 2.75) is 50.0 Å². The molecule has 1 amide bonds. The minimum Gasteiger partial charge on any atom is -0.353 e. The molecule has 18 heavy (non-hydrogen) atoms. The fraction of sp³-hybridized carbons (Fsp3) is 0.533. The number of hydrogen-bond acceptors (Lipinski definition) is 1. The molecule has 1 aromatic carbocycles. The highest BCUT2D eigenvalue weighted by Gasteiger charge is 2.52. The molecule has 0 bridgehead atoms. The Kier molecular flexibility index (Phi) is 3.06. The number of hydrogen-bond donors (Lipinski definition) is 1. The van der Waals surface area contributed by atoms with Gasteiger partial charge >= 0.3 is 0 Å². The molecule has 2 aliphatic rings. The predicted molar refractivity (Wildman–Crippen MR) is 72.8 cm³/mol. The summed E-state index contributed by atoms with van der Waals surface area (Å²) >= 11 is 6.23. The maximum atomic E-state index is 12.5. The van der Waals surface area contributed by atoms with Gasteiger partial charge in [-0.15, -0.1) is 0 Å². The van der Waals surface area contributed by atoms with Crippen LogP contribution in [-0.2, 0) is 10.2 Å². The van der Waals surface area contributed by atoms with Gasteiger partial charge in [-0.05, 0) is 37.3 Å². The smallest absolute Gasteiger partial charge is 0.230 e. The van der Waals surface area contributed by atoms with Gasteiger partial charge in [0.2, 0.25) is 5.91 Å². The van der Waals surface area contributed by atoms with Crippen LogP contribution in [0.4, 0.5) is 0 Å². The fourth-order valence-corrected chi connectivity index (χ4v) is 3.30. The summed E-state index contributed by atoms with van der Waals surface area (Å²) in [6.45, 7) is 0. The van der Waals surface area contributed by atoms with E-state index in [0.717, 1.165) is 36.3 Å². The Morgan fingerprint density at radius 2 is 1.89 bits per heavy atom. The van der Waals surface area contributed by atoms with E-state index >= 15 is 0 Å². The van der Waals surface area contributed by atoms with Crippen LogP contribution in [-0.4, -0.2) is 11.9 Å².